The molecule has 1 fully saturated rings. The summed E-state index contributed by atoms with van der Waals surface area (Å²) in [6, 6.07) is -0.0272. The molecule has 1 aromatic rings. The topological polar surface area (TPSA) is 50.2 Å². The third-order valence-electron chi connectivity index (χ3n) is 5.81. The maximum atomic E-state index is 13.2. The van der Waals surface area contributed by atoms with Gasteiger partial charge in [0.1, 0.15) is 0 Å². The molecule has 0 saturated heterocycles. The van der Waals surface area contributed by atoms with Crippen molar-refractivity contribution in [1.82, 2.24) is 20.0 Å². The van der Waals surface area contributed by atoms with E-state index in [0.717, 1.165) is 45.3 Å². The van der Waals surface area contributed by atoms with Crippen LogP contribution in [-0.4, -0.2) is 46.3 Å². The fraction of sp³-hybridized carbons (Fsp3) is 0.826. The van der Waals surface area contributed by atoms with Gasteiger partial charge in [0.2, 0.25) is 5.91 Å². The third-order valence-corrected chi connectivity index (χ3v) is 6.18. The highest BCUT2D eigenvalue weighted by atomic mass is 35.5. The van der Waals surface area contributed by atoms with Crippen LogP contribution >= 0.6 is 11.6 Å². The van der Waals surface area contributed by atoms with Crippen LogP contribution in [0.3, 0.4) is 0 Å². The van der Waals surface area contributed by atoms with Gasteiger partial charge in [0.05, 0.1) is 17.3 Å². The first-order chi connectivity index (χ1) is 15.2. The minimum atomic E-state index is -4.60. The van der Waals surface area contributed by atoms with E-state index in [0.29, 0.717) is 5.69 Å². The van der Waals surface area contributed by atoms with Crippen molar-refractivity contribution < 1.29 is 18.0 Å². The lowest BCUT2D eigenvalue weighted by Gasteiger charge is -2.26. The summed E-state index contributed by atoms with van der Waals surface area (Å²) in [6.07, 6.45) is 4.12. The fourth-order valence-electron chi connectivity index (χ4n) is 4.00. The summed E-state index contributed by atoms with van der Waals surface area (Å²) in [4.78, 5) is 14.9. The van der Waals surface area contributed by atoms with Crippen LogP contribution in [0.1, 0.15) is 95.9 Å². The molecule has 1 atom stereocenters. The van der Waals surface area contributed by atoms with Gasteiger partial charge in [-0.2, -0.15) is 18.3 Å². The van der Waals surface area contributed by atoms with E-state index in [1.165, 1.54) is 30.4 Å². The first-order valence-corrected chi connectivity index (χ1v) is 12.4. The molecule has 1 N–H and O–H groups in total. The third kappa shape index (κ3) is 8.58. The molecular formula is C23H38ClF3N4O. The molecule has 1 amide bonds. The van der Waals surface area contributed by atoms with E-state index in [1.54, 1.807) is 0 Å². The second-order valence-corrected chi connectivity index (χ2v) is 9.35. The minimum absolute atomic E-state index is 0.00730. The van der Waals surface area contributed by atoms with Crippen molar-refractivity contribution in [2.45, 2.75) is 103 Å². The summed E-state index contributed by atoms with van der Waals surface area (Å²) in [7, 11) is 0. The van der Waals surface area contributed by atoms with Crippen molar-refractivity contribution in [2.75, 3.05) is 19.6 Å². The van der Waals surface area contributed by atoms with Crippen molar-refractivity contribution in [1.29, 1.82) is 0 Å². The van der Waals surface area contributed by atoms with Crippen molar-refractivity contribution in [3.63, 3.8) is 0 Å². The van der Waals surface area contributed by atoms with E-state index in [-0.39, 0.29) is 35.9 Å². The number of hydrogen-bond acceptors (Lipinski definition) is 3. The van der Waals surface area contributed by atoms with Gasteiger partial charge in [-0.3, -0.25) is 9.48 Å². The standard InChI is InChI=1S/C23H38ClF3N4O/c1-4-6-8-13-30(14-9-7-5-2)16-17(3)28-19(32)12-15-31-21(18-10-11-18)20(24)22(29-31)23(25,26)27/h17-18H,4-16H2,1-3H3,(H,28,32). The molecule has 1 unspecified atom stereocenters. The van der Waals surface area contributed by atoms with Gasteiger partial charge in [-0.1, -0.05) is 51.1 Å². The molecule has 0 aliphatic heterocycles. The lowest BCUT2D eigenvalue weighted by Crippen LogP contribution is -2.43. The quantitative estimate of drug-likeness (QED) is 0.314. The number of hydrogen-bond donors (Lipinski definition) is 1. The SMILES string of the molecule is CCCCCN(CCCCC)CC(C)NC(=O)CCn1nc(C(F)(F)F)c(Cl)c1C1CC1. The van der Waals surface area contributed by atoms with Gasteiger partial charge in [-0.15, -0.1) is 0 Å². The number of aryl methyl sites for hydroxylation is 1. The molecule has 0 spiro atoms. The number of rotatable bonds is 15. The smallest absolute Gasteiger partial charge is 0.352 e. The Morgan fingerprint density at radius 3 is 2.28 bits per heavy atom. The first kappa shape index (κ1) is 27.0. The summed E-state index contributed by atoms with van der Waals surface area (Å²) >= 11 is 6.00. The number of halogens is 4. The lowest BCUT2D eigenvalue weighted by molar-refractivity contribution is -0.141. The van der Waals surface area contributed by atoms with E-state index in [9.17, 15) is 18.0 Å². The predicted octanol–water partition coefficient (Wildman–Crippen LogP) is 6.01. The number of nitrogens with one attached hydrogen (secondary N) is 1. The molecule has 1 aliphatic rings. The summed E-state index contributed by atoms with van der Waals surface area (Å²) < 4.78 is 40.9. The molecule has 5 nitrogen and oxygen atoms in total. The molecule has 0 radical (unpaired) electrons. The summed E-state index contributed by atoms with van der Waals surface area (Å²) in [5.41, 5.74) is -0.637. The van der Waals surface area contributed by atoms with Gasteiger partial charge in [0.25, 0.3) is 0 Å². The number of carbonyl (C=O) groups excluding carboxylic acids is 1. The molecule has 1 aromatic heterocycles. The highest BCUT2D eigenvalue weighted by Crippen LogP contribution is 2.46. The number of nitrogens with zero attached hydrogens (tertiary/aromatic N) is 3. The lowest BCUT2D eigenvalue weighted by atomic mass is 10.2. The summed E-state index contributed by atoms with van der Waals surface area (Å²) in [6.45, 7) is 9.26. The van der Waals surface area contributed by atoms with Crippen LogP contribution in [0.2, 0.25) is 5.02 Å². The van der Waals surface area contributed by atoms with Gasteiger partial charge in [-0.05, 0) is 45.7 Å². The van der Waals surface area contributed by atoms with Gasteiger partial charge >= 0.3 is 6.18 Å². The highest BCUT2D eigenvalue weighted by molar-refractivity contribution is 6.32. The van der Waals surface area contributed by atoms with Crippen molar-refractivity contribution in [2.24, 2.45) is 0 Å². The molecule has 1 saturated carbocycles. The number of carbonyl (C=O) groups is 1. The molecule has 1 aliphatic carbocycles. The second kappa shape index (κ2) is 12.8. The van der Waals surface area contributed by atoms with Crippen LogP contribution in [-0.2, 0) is 17.5 Å². The molecule has 9 heteroatoms. The Balaban J connectivity index is 1.88. The Hall–Kier alpha value is -1.28. The van der Waals surface area contributed by atoms with E-state index >= 15 is 0 Å². The number of aromatic nitrogens is 2. The van der Waals surface area contributed by atoms with Crippen LogP contribution in [0.5, 0.6) is 0 Å². The van der Waals surface area contributed by atoms with Gasteiger partial charge in [0.15, 0.2) is 5.69 Å². The molecule has 32 heavy (non-hydrogen) atoms. The number of alkyl halides is 3. The summed E-state index contributed by atoms with van der Waals surface area (Å²) in [5.74, 6) is -0.172. The zero-order valence-corrected chi connectivity index (χ0v) is 20.4. The number of amides is 1. The second-order valence-electron chi connectivity index (χ2n) is 8.98. The zero-order valence-electron chi connectivity index (χ0n) is 19.6. The Kier molecular flexibility index (Phi) is 10.8. The normalized spacial score (nSPS) is 15.4. The van der Waals surface area contributed by atoms with E-state index in [1.807, 2.05) is 6.92 Å². The average molecular weight is 479 g/mol. The molecular weight excluding hydrogens is 441 g/mol. The Morgan fingerprint density at radius 1 is 1.19 bits per heavy atom. The molecule has 0 bridgehead atoms. The van der Waals surface area contributed by atoms with E-state index in [2.05, 4.69) is 29.2 Å². The van der Waals surface area contributed by atoms with Gasteiger partial charge in [-0.25, -0.2) is 0 Å². The first-order valence-electron chi connectivity index (χ1n) is 12.0. The molecule has 184 valence electrons. The van der Waals surface area contributed by atoms with Crippen LogP contribution in [0.15, 0.2) is 0 Å². The van der Waals surface area contributed by atoms with Crippen LogP contribution in [0.4, 0.5) is 13.2 Å². The largest absolute Gasteiger partial charge is 0.436 e. The van der Waals surface area contributed by atoms with Crippen molar-refractivity contribution in [3.8, 4) is 0 Å². The molecule has 1 heterocycles. The molecule has 0 aromatic carbocycles. The maximum Gasteiger partial charge on any atom is 0.436 e. The van der Waals surface area contributed by atoms with Crippen LogP contribution in [0.25, 0.3) is 0 Å². The molecule has 2 rings (SSSR count). The Bertz CT molecular complexity index is 709. The Labute approximate surface area is 195 Å². The van der Waals surface area contributed by atoms with Crippen molar-refractivity contribution in [3.05, 3.63) is 16.4 Å². The van der Waals surface area contributed by atoms with E-state index in [4.69, 9.17) is 11.6 Å². The van der Waals surface area contributed by atoms with Crippen LogP contribution < -0.4 is 5.32 Å². The minimum Gasteiger partial charge on any atom is -0.352 e. The van der Waals surface area contributed by atoms with Gasteiger partial charge in [0, 0.05) is 24.9 Å². The maximum absolute atomic E-state index is 13.2. The van der Waals surface area contributed by atoms with Crippen LogP contribution in [0, 0.1) is 0 Å². The van der Waals surface area contributed by atoms with E-state index < -0.39 is 11.9 Å². The predicted molar refractivity (Wildman–Crippen MR) is 122 cm³/mol. The summed E-state index contributed by atoms with van der Waals surface area (Å²) in [5, 5.41) is 6.38. The monoisotopic (exact) mass is 478 g/mol. The van der Waals surface area contributed by atoms with Gasteiger partial charge < -0.3 is 10.2 Å². The Morgan fingerprint density at radius 2 is 1.78 bits per heavy atom. The highest BCUT2D eigenvalue weighted by Gasteiger charge is 2.42. The fourth-order valence-corrected chi connectivity index (χ4v) is 4.40. The van der Waals surface area contributed by atoms with Crippen molar-refractivity contribution >= 4 is 17.5 Å². The number of unbranched alkanes of at least 4 members (excludes halogenated alkanes) is 4. The average Bonchev–Trinajstić information content (AvgIpc) is 3.48. The zero-order chi connectivity index (χ0) is 23.7.